The Morgan fingerprint density at radius 2 is 2.14 bits per heavy atom. The summed E-state index contributed by atoms with van der Waals surface area (Å²) in [7, 11) is 1.97. The molecular weight excluding hydrogens is 298 g/mol. The number of hydrogen-bond acceptors (Lipinski definition) is 4. The predicted octanol–water partition coefficient (Wildman–Crippen LogP) is 1.71. The molecule has 2 heterocycles. The van der Waals surface area contributed by atoms with Crippen molar-refractivity contribution >= 4 is 23.2 Å². The van der Waals surface area contributed by atoms with Crippen molar-refractivity contribution in [2.24, 2.45) is 5.92 Å². The van der Waals surface area contributed by atoms with Crippen molar-refractivity contribution in [3.8, 4) is 0 Å². The van der Waals surface area contributed by atoms with Gasteiger partial charge >= 0.3 is 0 Å². The van der Waals surface area contributed by atoms with E-state index in [4.69, 9.17) is 0 Å². The van der Waals surface area contributed by atoms with Gasteiger partial charge in [-0.25, -0.2) is 0 Å². The molecule has 22 heavy (non-hydrogen) atoms. The van der Waals surface area contributed by atoms with Crippen molar-refractivity contribution in [1.29, 1.82) is 0 Å². The van der Waals surface area contributed by atoms with E-state index in [1.807, 2.05) is 23.4 Å². The Hall–Kier alpha value is -1.40. The molecule has 1 aromatic heterocycles. The van der Waals surface area contributed by atoms with E-state index in [0.29, 0.717) is 10.8 Å². The van der Waals surface area contributed by atoms with Crippen molar-refractivity contribution in [2.75, 3.05) is 26.7 Å². The zero-order valence-corrected chi connectivity index (χ0v) is 14.1. The minimum absolute atomic E-state index is 0.0250. The second-order valence-corrected chi connectivity index (χ2v) is 6.78. The molecule has 1 atom stereocenters. The van der Waals surface area contributed by atoms with Crippen LogP contribution in [0.5, 0.6) is 0 Å². The molecule has 0 aliphatic carbocycles. The minimum Gasteiger partial charge on any atom is -0.341 e. The van der Waals surface area contributed by atoms with Crippen LogP contribution in [0.25, 0.3) is 0 Å². The van der Waals surface area contributed by atoms with Gasteiger partial charge in [-0.1, -0.05) is 6.07 Å². The van der Waals surface area contributed by atoms with Crippen LogP contribution in [-0.4, -0.2) is 49.4 Å². The lowest BCUT2D eigenvalue weighted by Crippen LogP contribution is -2.49. The third-order valence-corrected chi connectivity index (χ3v) is 5.06. The molecule has 2 N–H and O–H groups in total. The molecule has 1 aliphatic heterocycles. The van der Waals surface area contributed by atoms with E-state index in [9.17, 15) is 9.59 Å². The van der Waals surface area contributed by atoms with Crippen molar-refractivity contribution in [1.82, 2.24) is 15.5 Å². The molecule has 122 valence electrons. The Balaban J connectivity index is 1.78. The van der Waals surface area contributed by atoms with Gasteiger partial charge in [-0.2, -0.15) is 0 Å². The highest BCUT2D eigenvalue weighted by Crippen LogP contribution is 2.20. The summed E-state index contributed by atoms with van der Waals surface area (Å²) in [6.07, 6.45) is 3.28. The summed E-state index contributed by atoms with van der Waals surface area (Å²) in [6, 6.07) is 3.13. The summed E-state index contributed by atoms with van der Waals surface area (Å²) in [6.45, 7) is 4.39. The van der Waals surface area contributed by atoms with E-state index in [0.717, 1.165) is 32.5 Å². The van der Waals surface area contributed by atoms with E-state index >= 15 is 0 Å². The number of carbonyl (C=O) groups is 2. The molecule has 5 nitrogen and oxygen atoms in total. The Labute approximate surface area is 136 Å². The summed E-state index contributed by atoms with van der Waals surface area (Å²) in [5.41, 5.74) is 0. The quantitative estimate of drug-likeness (QED) is 0.838. The fourth-order valence-corrected chi connectivity index (χ4v) is 3.43. The zero-order chi connectivity index (χ0) is 15.9. The monoisotopic (exact) mass is 323 g/mol. The normalized spacial score (nSPS) is 17.3. The molecular formula is C16H25N3O2S. The van der Waals surface area contributed by atoms with Gasteiger partial charge in [0.05, 0.1) is 4.88 Å². The van der Waals surface area contributed by atoms with Crippen molar-refractivity contribution < 1.29 is 9.59 Å². The SMILES string of the molecule is CNCCC1CCN(C(=O)C(C)NC(=O)c2cccs2)CC1. The number of likely N-dealkylation sites (tertiary alicyclic amines) is 1. The van der Waals surface area contributed by atoms with Crippen LogP contribution in [-0.2, 0) is 4.79 Å². The molecule has 0 radical (unpaired) electrons. The van der Waals surface area contributed by atoms with Gasteiger partial charge in [0, 0.05) is 13.1 Å². The van der Waals surface area contributed by atoms with Gasteiger partial charge in [-0.3, -0.25) is 9.59 Å². The molecule has 0 spiro atoms. The molecule has 1 aromatic rings. The van der Waals surface area contributed by atoms with E-state index < -0.39 is 6.04 Å². The standard InChI is InChI=1S/C16H25N3O2S/c1-12(18-15(20)14-4-3-11-22-14)16(21)19-9-6-13(7-10-19)5-8-17-2/h3-4,11-13,17H,5-10H2,1-2H3,(H,18,20). The van der Waals surface area contributed by atoms with Crippen LogP contribution >= 0.6 is 11.3 Å². The lowest BCUT2D eigenvalue weighted by atomic mass is 9.93. The van der Waals surface area contributed by atoms with Crippen molar-refractivity contribution in [3.63, 3.8) is 0 Å². The lowest BCUT2D eigenvalue weighted by molar-refractivity contribution is -0.134. The van der Waals surface area contributed by atoms with Gasteiger partial charge in [0.1, 0.15) is 6.04 Å². The summed E-state index contributed by atoms with van der Waals surface area (Å²) < 4.78 is 0. The van der Waals surface area contributed by atoms with Gasteiger partial charge in [-0.05, 0) is 57.1 Å². The van der Waals surface area contributed by atoms with E-state index in [2.05, 4.69) is 10.6 Å². The van der Waals surface area contributed by atoms with Gasteiger partial charge in [0.25, 0.3) is 5.91 Å². The number of carbonyl (C=O) groups excluding carboxylic acids is 2. The number of piperidine rings is 1. The van der Waals surface area contributed by atoms with Crippen LogP contribution in [0.4, 0.5) is 0 Å². The average Bonchev–Trinajstić information content (AvgIpc) is 3.07. The molecule has 1 saturated heterocycles. The predicted molar refractivity (Wildman–Crippen MR) is 89.1 cm³/mol. The van der Waals surface area contributed by atoms with E-state index in [-0.39, 0.29) is 11.8 Å². The van der Waals surface area contributed by atoms with E-state index in [1.54, 1.807) is 13.0 Å². The Bertz CT molecular complexity index is 482. The van der Waals surface area contributed by atoms with Gasteiger partial charge in [-0.15, -0.1) is 11.3 Å². The number of nitrogens with zero attached hydrogens (tertiary/aromatic N) is 1. The maximum Gasteiger partial charge on any atom is 0.261 e. The fraction of sp³-hybridized carbons (Fsp3) is 0.625. The van der Waals surface area contributed by atoms with Gasteiger partial charge in [0.2, 0.25) is 5.91 Å². The summed E-state index contributed by atoms with van der Waals surface area (Å²) in [5, 5.41) is 7.83. The van der Waals surface area contributed by atoms with E-state index in [1.165, 1.54) is 17.8 Å². The third kappa shape index (κ3) is 4.55. The van der Waals surface area contributed by atoms with Crippen molar-refractivity contribution in [2.45, 2.75) is 32.2 Å². The Morgan fingerprint density at radius 3 is 2.73 bits per heavy atom. The van der Waals surface area contributed by atoms with Crippen LogP contribution in [0, 0.1) is 5.92 Å². The molecule has 1 aliphatic rings. The Morgan fingerprint density at radius 1 is 1.41 bits per heavy atom. The second kappa shape index (κ2) is 8.29. The molecule has 2 amide bonds. The highest BCUT2D eigenvalue weighted by atomic mass is 32.1. The van der Waals surface area contributed by atoms with Crippen molar-refractivity contribution in [3.05, 3.63) is 22.4 Å². The zero-order valence-electron chi connectivity index (χ0n) is 13.3. The maximum absolute atomic E-state index is 12.4. The topological polar surface area (TPSA) is 61.4 Å². The molecule has 6 heteroatoms. The highest BCUT2D eigenvalue weighted by Gasteiger charge is 2.26. The first kappa shape index (κ1) is 17.0. The number of amides is 2. The minimum atomic E-state index is -0.469. The second-order valence-electron chi connectivity index (χ2n) is 5.83. The summed E-state index contributed by atoms with van der Waals surface area (Å²) >= 11 is 1.39. The molecule has 2 rings (SSSR count). The van der Waals surface area contributed by atoms with Crippen LogP contribution < -0.4 is 10.6 Å². The highest BCUT2D eigenvalue weighted by molar-refractivity contribution is 7.12. The fourth-order valence-electron chi connectivity index (χ4n) is 2.80. The molecule has 1 unspecified atom stereocenters. The average molecular weight is 323 g/mol. The van der Waals surface area contributed by atoms with Gasteiger partial charge in [0.15, 0.2) is 0 Å². The third-order valence-electron chi connectivity index (χ3n) is 4.19. The van der Waals surface area contributed by atoms with Crippen LogP contribution in [0.15, 0.2) is 17.5 Å². The molecule has 0 aromatic carbocycles. The molecule has 0 bridgehead atoms. The summed E-state index contributed by atoms with van der Waals surface area (Å²) in [4.78, 5) is 26.9. The first-order valence-corrected chi connectivity index (χ1v) is 8.77. The smallest absolute Gasteiger partial charge is 0.261 e. The largest absolute Gasteiger partial charge is 0.341 e. The van der Waals surface area contributed by atoms with Gasteiger partial charge < -0.3 is 15.5 Å². The van der Waals surface area contributed by atoms with Crippen LogP contribution in [0.1, 0.15) is 35.9 Å². The molecule has 1 fully saturated rings. The summed E-state index contributed by atoms with van der Waals surface area (Å²) in [5.74, 6) is 0.559. The number of nitrogens with one attached hydrogen (secondary N) is 2. The maximum atomic E-state index is 12.4. The number of rotatable bonds is 6. The van der Waals surface area contributed by atoms with Crippen LogP contribution in [0.3, 0.4) is 0 Å². The number of thiophene rings is 1. The van der Waals surface area contributed by atoms with Crippen LogP contribution in [0.2, 0.25) is 0 Å². The lowest BCUT2D eigenvalue weighted by Gasteiger charge is -2.33. The Kier molecular flexibility index (Phi) is 6.39. The first-order chi connectivity index (χ1) is 10.6. The first-order valence-electron chi connectivity index (χ1n) is 7.89. The number of hydrogen-bond donors (Lipinski definition) is 2. The molecule has 0 saturated carbocycles.